The fourth-order valence-electron chi connectivity index (χ4n) is 1.54. The van der Waals surface area contributed by atoms with Crippen molar-refractivity contribution in [1.82, 2.24) is 5.43 Å². The van der Waals surface area contributed by atoms with Gasteiger partial charge in [-0.15, -0.1) is 0 Å². The molecule has 7 heteroatoms. The topological polar surface area (TPSA) is 84.6 Å². The summed E-state index contributed by atoms with van der Waals surface area (Å²) in [4.78, 5) is 21.8. The molecule has 0 aromatic heterocycles. The van der Waals surface area contributed by atoms with Gasteiger partial charge in [-0.1, -0.05) is 34.1 Å². The molecular weight excluding hydrogens is 338 g/mol. The summed E-state index contributed by atoms with van der Waals surface area (Å²) in [6.45, 7) is 0. The predicted molar refractivity (Wildman–Crippen MR) is 82.3 cm³/mol. The van der Waals surface area contributed by atoms with Gasteiger partial charge in [-0.2, -0.15) is 5.10 Å². The van der Waals surface area contributed by atoms with Crippen LogP contribution in [0.25, 0.3) is 0 Å². The Bertz CT molecular complexity index is 699. The number of benzene rings is 2. The van der Waals surface area contributed by atoms with E-state index in [1.54, 1.807) is 0 Å². The third-order valence-corrected chi connectivity index (χ3v) is 3.34. The maximum atomic E-state index is 11.8. The lowest BCUT2D eigenvalue weighted by atomic mass is 10.2. The molecule has 106 valence electrons. The van der Waals surface area contributed by atoms with Gasteiger partial charge in [0.1, 0.15) is 0 Å². The van der Waals surface area contributed by atoms with Gasteiger partial charge in [0, 0.05) is 27.7 Å². The second kappa shape index (κ2) is 6.76. The molecule has 0 saturated carbocycles. The molecule has 2 aromatic rings. The number of amides is 1. The fourth-order valence-corrected chi connectivity index (χ4v) is 1.93. The normalized spacial score (nSPS) is 10.5. The van der Waals surface area contributed by atoms with Gasteiger partial charge in [0.05, 0.1) is 11.1 Å². The molecule has 2 rings (SSSR count). The molecule has 0 atom stereocenters. The van der Waals surface area contributed by atoms with Crippen molar-refractivity contribution in [3.63, 3.8) is 0 Å². The van der Waals surface area contributed by atoms with Gasteiger partial charge >= 0.3 is 0 Å². The lowest BCUT2D eigenvalue weighted by molar-refractivity contribution is -0.384. The molecule has 0 unspecified atom stereocenters. The number of nitrogens with one attached hydrogen (secondary N) is 1. The molecular formula is C14H10BrN3O3. The molecule has 0 aliphatic heterocycles. The minimum atomic E-state index is -0.521. The highest BCUT2D eigenvalue weighted by molar-refractivity contribution is 9.10. The van der Waals surface area contributed by atoms with Crippen LogP contribution in [0.2, 0.25) is 0 Å². The van der Waals surface area contributed by atoms with Crippen LogP contribution in [-0.4, -0.2) is 17.0 Å². The number of hydrogen-bond acceptors (Lipinski definition) is 4. The molecule has 0 radical (unpaired) electrons. The second-order valence-corrected chi connectivity index (χ2v) is 4.88. The standard InChI is InChI=1S/C14H10BrN3O3/c15-13-4-2-1-3-11(13)9-16-17-14(19)10-5-7-12(8-6-10)18(20)21/h1-9H,(H,17,19)/b16-9-. The van der Waals surface area contributed by atoms with Crippen LogP contribution < -0.4 is 5.43 Å². The number of hydrogen-bond donors (Lipinski definition) is 1. The van der Waals surface area contributed by atoms with Gasteiger partial charge in [0.25, 0.3) is 11.6 Å². The van der Waals surface area contributed by atoms with Gasteiger partial charge in [-0.05, 0) is 18.2 Å². The van der Waals surface area contributed by atoms with Gasteiger partial charge < -0.3 is 0 Å². The summed E-state index contributed by atoms with van der Waals surface area (Å²) < 4.78 is 0.860. The zero-order valence-corrected chi connectivity index (χ0v) is 12.3. The van der Waals surface area contributed by atoms with E-state index in [1.165, 1.54) is 30.5 Å². The van der Waals surface area contributed by atoms with Gasteiger partial charge in [-0.25, -0.2) is 5.43 Å². The monoisotopic (exact) mass is 347 g/mol. The Balaban J connectivity index is 2.02. The van der Waals surface area contributed by atoms with Crippen molar-refractivity contribution in [3.8, 4) is 0 Å². The SMILES string of the molecule is O=C(N/N=C\c1ccccc1Br)c1ccc([N+](=O)[O-])cc1. The molecule has 0 saturated heterocycles. The van der Waals surface area contributed by atoms with Crippen molar-refractivity contribution in [2.45, 2.75) is 0 Å². The highest BCUT2D eigenvalue weighted by atomic mass is 79.9. The first-order chi connectivity index (χ1) is 10.1. The number of halogens is 1. The largest absolute Gasteiger partial charge is 0.271 e. The van der Waals surface area contributed by atoms with Crippen LogP contribution in [0, 0.1) is 10.1 Å². The Hall–Kier alpha value is -2.54. The molecule has 1 amide bonds. The summed E-state index contributed by atoms with van der Waals surface area (Å²) in [6, 6.07) is 12.7. The molecule has 0 fully saturated rings. The summed E-state index contributed by atoms with van der Waals surface area (Å²) >= 11 is 3.36. The van der Waals surface area contributed by atoms with E-state index in [0.717, 1.165) is 10.0 Å². The lowest BCUT2D eigenvalue weighted by Gasteiger charge is -2.00. The summed E-state index contributed by atoms with van der Waals surface area (Å²) in [5, 5.41) is 14.4. The minimum absolute atomic E-state index is 0.0664. The van der Waals surface area contributed by atoms with Crippen LogP contribution in [0.1, 0.15) is 15.9 Å². The Morgan fingerprint density at radius 1 is 1.19 bits per heavy atom. The second-order valence-electron chi connectivity index (χ2n) is 4.02. The average Bonchev–Trinajstić information content (AvgIpc) is 2.49. The molecule has 0 aliphatic rings. The van der Waals surface area contributed by atoms with E-state index in [-0.39, 0.29) is 5.69 Å². The first-order valence-corrected chi connectivity index (χ1v) is 6.69. The fraction of sp³-hybridized carbons (Fsp3) is 0. The number of rotatable bonds is 4. The highest BCUT2D eigenvalue weighted by Crippen LogP contribution is 2.13. The predicted octanol–water partition coefficient (Wildman–Crippen LogP) is 3.12. The van der Waals surface area contributed by atoms with Gasteiger partial charge in [0.15, 0.2) is 0 Å². The highest BCUT2D eigenvalue weighted by Gasteiger charge is 2.08. The molecule has 0 bridgehead atoms. The number of hydrazone groups is 1. The molecule has 1 N–H and O–H groups in total. The Morgan fingerprint density at radius 2 is 1.86 bits per heavy atom. The maximum Gasteiger partial charge on any atom is 0.271 e. The number of carbonyl (C=O) groups excluding carboxylic acids is 1. The van der Waals surface area contributed by atoms with E-state index in [2.05, 4.69) is 26.5 Å². The van der Waals surface area contributed by atoms with Crippen LogP contribution in [0.5, 0.6) is 0 Å². The lowest BCUT2D eigenvalue weighted by Crippen LogP contribution is -2.17. The number of carbonyl (C=O) groups is 1. The van der Waals surface area contributed by atoms with E-state index in [9.17, 15) is 14.9 Å². The van der Waals surface area contributed by atoms with E-state index < -0.39 is 10.8 Å². The smallest absolute Gasteiger partial charge is 0.267 e. The van der Waals surface area contributed by atoms with Crippen molar-refractivity contribution >= 4 is 33.7 Å². The molecule has 0 aliphatic carbocycles. The molecule has 0 heterocycles. The van der Waals surface area contributed by atoms with E-state index >= 15 is 0 Å². The van der Waals surface area contributed by atoms with Crippen molar-refractivity contribution in [1.29, 1.82) is 0 Å². The zero-order valence-electron chi connectivity index (χ0n) is 10.7. The Morgan fingerprint density at radius 3 is 2.48 bits per heavy atom. The maximum absolute atomic E-state index is 11.8. The van der Waals surface area contributed by atoms with Crippen LogP contribution in [0.15, 0.2) is 58.1 Å². The number of nitrogens with zero attached hydrogens (tertiary/aromatic N) is 2. The first kappa shape index (κ1) is 14.9. The van der Waals surface area contributed by atoms with Crippen LogP contribution in [0.4, 0.5) is 5.69 Å². The van der Waals surface area contributed by atoms with Crippen LogP contribution in [-0.2, 0) is 0 Å². The molecule has 2 aromatic carbocycles. The summed E-state index contributed by atoms with van der Waals surface area (Å²) in [7, 11) is 0. The van der Waals surface area contributed by atoms with Crippen molar-refractivity contribution in [3.05, 3.63) is 74.2 Å². The molecule has 6 nitrogen and oxygen atoms in total. The third-order valence-electron chi connectivity index (χ3n) is 2.62. The van der Waals surface area contributed by atoms with Crippen LogP contribution in [0.3, 0.4) is 0 Å². The Labute approximate surface area is 128 Å². The number of nitro groups is 1. The van der Waals surface area contributed by atoms with Crippen LogP contribution >= 0.6 is 15.9 Å². The average molecular weight is 348 g/mol. The van der Waals surface area contributed by atoms with Gasteiger partial charge in [-0.3, -0.25) is 14.9 Å². The third kappa shape index (κ3) is 3.96. The van der Waals surface area contributed by atoms with Crippen molar-refractivity contribution < 1.29 is 9.72 Å². The van der Waals surface area contributed by atoms with Crippen molar-refractivity contribution in [2.24, 2.45) is 5.10 Å². The van der Waals surface area contributed by atoms with Gasteiger partial charge in [0.2, 0.25) is 0 Å². The number of non-ortho nitro benzene ring substituents is 1. The summed E-state index contributed by atoms with van der Waals surface area (Å²) in [5.41, 5.74) is 3.41. The molecule has 0 spiro atoms. The molecule has 21 heavy (non-hydrogen) atoms. The quantitative estimate of drug-likeness (QED) is 0.523. The van der Waals surface area contributed by atoms with E-state index in [0.29, 0.717) is 5.56 Å². The summed E-state index contributed by atoms with van der Waals surface area (Å²) in [6.07, 6.45) is 1.51. The van der Waals surface area contributed by atoms with E-state index in [1.807, 2.05) is 24.3 Å². The van der Waals surface area contributed by atoms with E-state index in [4.69, 9.17) is 0 Å². The summed E-state index contributed by atoms with van der Waals surface area (Å²) in [5.74, 6) is -0.437. The zero-order chi connectivity index (χ0) is 15.2. The Kier molecular flexibility index (Phi) is 4.78. The number of nitro benzene ring substituents is 1. The minimum Gasteiger partial charge on any atom is -0.267 e. The first-order valence-electron chi connectivity index (χ1n) is 5.90. The van der Waals surface area contributed by atoms with Crippen molar-refractivity contribution in [2.75, 3.05) is 0 Å².